The molecule has 0 saturated carbocycles. The van der Waals surface area contributed by atoms with Crippen LogP contribution in [0.4, 0.5) is 10.5 Å². The van der Waals surface area contributed by atoms with Crippen LogP contribution in [0.5, 0.6) is 5.75 Å². The molecule has 2 N–H and O–H groups in total. The number of aromatic nitrogens is 4. The number of nitrogens with one attached hydrogen (secondary N) is 2. The van der Waals surface area contributed by atoms with E-state index in [4.69, 9.17) is 9.72 Å². The largest absolute Gasteiger partial charge is 0.484 e. The van der Waals surface area contributed by atoms with E-state index in [1.165, 1.54) is 0 Å². The number of urea groups is 1. The Labute approximate surface area is 278 Å². The fraction of sp³-hybridized carbons (Fsp3) is 0.486. The fourth-order valence-electron chi connectivity index (χ4n) is 5.89. The Kier molecular flexibility index (Phi) is 10.0. The van der Waals surface area contributed by atoms with Crippen LogP contribution in [-0.4, -0.2) is 56.4 Å². The minimum absolute atomic E-state index is 0.0191. The Balaban J connectivity index is 1.30. The van der Waals surface area contributed by atoms with E-state index in [2.05, 4.69) is 80.3 Å². The maximum atomic E-state index is 13.4. The van der Waals surface area contributed by atoms with E-state index < -0.39 is 0 Å². The molecule has 0 saturated heterocycles. The second-order valence-corrected chi connectivity index (χ2v) is 14.6. The number of ether oxygens (including phenoxy) is 1. The molecule has 5 rings (SSSR count). The van der Waals surface area contributed by atoms with Gasteiger partial charge in [0.05, 0.1) is 12.2 Å². The summed E-state index contributed by atoms with van der Waals surface area (Å²) in [6.07, 6.45) is 4.38. The lowest BCUT2D eigenvalue weighted by atomic mass is 9.85. The first-order chi connectivity index (χ1) is 22.2. The van der Waals surface area contributed by atoms with E-state index in [1.54, 1.807) is 6.07 Å². The molecule has 0 radical (unpaired) electrons. The Hall–Kier alpha value is -4.31. The molecule has 0 bridgehead atoms. The van der Waals surface area contributed by atoms with E-state index in [-0.39, 0.29) is 34.8 Å². The number of Topliss-reactive ketones (excluding diaryl/α,β-unsaturated/α-hetero) is 1. The maximum absolute atomic E-state index is 13.4. The first-order valence-corrected chi connectivity index (χ1v) is 16.7. The molecule has 4 aromatic rings. The van der Waals surface area contributed by atoms with Crippen molar-refractivity contribution < 1.29 is 14.3 Å². The summed E-state index contributed by atoms with van der Waals surface area (Å²) in [6.45, 7) is 16.4. The summed E-state index contributed by atoms with van der Waals surface area (Å²) in [5, 5.41) is 14.9. The molecule has 0 spiro atoms. The van der Waals surface area contributed by atoms with Crippen molar-refractivity contribution in [3.05, 3.63) is 83.1 Å². The smallest absolute Gasteiger partial charge is 0.319 e. The number of hydrogen-bond donors (Lipinski definition) is 2. The van der Waals surface area contributed by atoms with Gasteiger partial charge in [-0.1, -0.05) is 72.7 Å². The van der Waals surface area contributed by atoms with Gasteiger partial charge in [-0.3, -0.25) is 9.20 Å². The molecule has 10 nitrogen and oxygen atoms in total. The number of ketones is 1. The second-order valence-electron chi connectivity index (χ2n) is 14.6. The highest BCUT2D eigenvalue weighted by molar-refractivity contribution is 5.97. The topological polar surface area (TPSA) is 114 Å². The highest BCUT2D eigenvalue weighted by atomic mass is 16.5. The number of anilines is 1. The van der Waals surface area contributed by atoms with Crippen molar-refractivity contribution in [3.8, 4) is 5.75 Å². The molecule has 0 aliphatic heterocycles. The first-order valence-electron chi connectivity index (χ1n) is 16.7. The van der Waals surface area contributed by atoms with Gasteiger partial charge in [-0.05, 0) is 74.8 Å². The number of rotatable bonds is 10. The number of carbonyl (C=O) groups is 2. The lowest BCUT2D eigenvalue weighted by molar-refractivity contribution is 0.0971. The predicted octanol–water partition coefficient (Wildman–Crippen LogP) is 7.41. The number of fused-ring (bicyclic) bond motifs is 2. The lowest BCUT2D eigenvalue weighted by Gasteiger charge is -2.32. The molecule has 3 heterocycles. The van der Waals surface area contributed by atoms with Gasteiger partial charge in [0.2, 0.25) is 0 Å². The third kappa shape index (κ3) is 8.16. The summed E-state index contributed by atoms with van der Waals surface area (Å²) in [7, 11) is 2.05. The van der Waals surface area contributed by atoms with Crippen molar-refractivity contribution in [1.29, 1.82) is 0 Å². The molecule has 1 aromatic carbocycles. The summed E-state index contributed by atoms with van der Waals surface area (Å²) in [5.74, 6) is 1.59. The second kappa shape index (κ2) is 13.8. The molecule has 1 aliphatic carbocycles. The minimum Gasteiger partial charge on any atom is -0.484 e. The Morgan fingerprint density at radius 2 is 1.72 bits per heavy atom. The average Bonchev–Trinajstić information content (AvgIpc) is 3.45. The van der Waals surface area contributed by atoms with E-state index in [0.717, 1.165) is 60.0 Å². The normalized spacial score (nSPS) is 16.6. The highest BCUT2D eigenvalue weighted by Crippen LogP contribution is 2.39. The molecule has 2 amide bonds. The molecular formula is C37H49N7O3. The van der Waals surface area contributed by atoms with Gasteiger partial charge in [0, 0.05) is 28.6 Å². The summed E-state index contributed by atoms with van der Waals surface area (Å²) in [5.41, 5.74) is 4.09. The number of amides is 2. The number of benzene rings is 1. The van der Waals surface area contributed by atoms with E-state index in [0.29, 0.717) is 24.2 Å². The molecule has 3 aromatic heterocycles. The van der Waals surface area contributed by atoms with Crippen LogP contribution in [0.2, 0.25) is 0 Å². The quantitative estimate of drug-likeness (QED) is 0.174. The minimum atomic E-state index is -0.328. The summed E-state index contributed by atoms with van der Waals surface area (Å²) >= 11 is 0. The predicted molar refractivity (Wildman–Crippen MR) is 185 cm³/mol. The Morgan fingerprint density at radius 1 is 0.979 bits per heavy atom. The van der Waals surface area contributed by atoms with Crippen LogP contribution in [0.25, 0.3) is 5.65 Å². The van der Waals surface area contributed by atoms with Crippen LogP contribution in [0, 0.1) is 0 Å². The molecule has 0 unspecified atom stereocenters. The summed E-state index contributed by atoms with van der Waals surface area (Å²) < 4.78 is 8.55. The van der Waals surface area contributed by atoms with Crippen LogP contribution in [-0.2, 0) is 10.8 Å². The fourth-order valence-corrected chi connectivity index (χ4v) is 5.89. The van der Waals surface area contributed by atoms with Crippen molar-refractivity contribution in [2.45, 2.75) is 97.1 Å². The van der Waals surface area contributed by atoms with E-state index in [9.17, 15) is 9.59 Å². The van der Waals surface area contributed by atoms with Crippen LogP contribution in [0.1, 0.15) is 119 Å². The average molecular weight is 640 g/mol. The van der Waals surface area contributed by atoms with Gasteiger partial charge < -0.3 is 20.3 Å². The zero-order chi connectivity index (χ0) is 33.9. The zero-order valence-electron chi connectivity index (χ0n) is 29.1. The van der Waals surface area contributed by atoms with Crippen LogP contribution < -0.4 is 15.4 Å². The van der Waals surface area contributed by atoms with Gasteiger partial charge in [-0.25, -0.2) is 9.78 Å². The maximum Gasteiger partial charge on any atom is 0.319 e. The summed E-state index contributed by atoms with van der Waals surface area (Å²) in [6, 6.07) is 15.0. The Morgan fingerprint density at radius 3 is 2.43 bits per heavy atom. The van der Waals surface area contributed by atoms with E-state index in [1.807, 2.05) is 54.0 Å². The van der Waals surface area contributed by atoms with Gasteiger partial charge >= 0.3 is 6.03 Å². The number of carbonyl (C=O) groups excluding carboxylic acids is 2. The van der Waals surface area contributed by atoms with Gasteiger partial charge in [-0.2, -0.15) is 0 Å². The standard InChI is InChI=1S/C37H49N7O3/c1-9-43(8)20-12-15-30(45)29-21-24(22-32(39-29)36(2,3)4)38-35(46)40-28-17-18-31(27-14-11-10-13-26(27)28)47-25-16-19-33-41-42-34(37(5,6)7)44(33)23-25/h10-11,13-14,16,19,21-23,28,31H,9,12,15,17-18,20H2,1-8H3,(H2,38,39,40,46)/t28-,31+/m0/s1. The first kappa shape index (κ1) is 34.0. The van der Waals surface area contributed by atoms with Crippen molar-refractivity contribution in [2.24, 2.45) is 0 Å². The number of pyridine rings is 2. The molecule has 1 aliphatic rings. The van der Waals surface area contributed by atoms with Gasteiger partial charge in [-0.15, -0.1) is 10.2 Å². The van der Waals surface area contributed by atoms with Crippen molar-refractivity contribution >= 4 is 23.1 Å². The summed E-state index contributed by atoms with van der Waals surface area (Å²) in [4.78, 5) is 33.4. The number of hydrogen-bond acceptors (Lipinski definition) is 7. The highest BCUT2D eigenvalue weighted by Gasteiger charge is 2.30. The van der Waals surface area contributed by atoms with Gasteiger partial charge in [0.15, 0.2) is 11.4 Å². The van der Waals surface area contributed by atoms with Crippen LogP contribution in [0.15, 0.2) is 54.7 Å². The SMILES string of the molecule is CCN(C)CCCC(=O)c1cc(NC(=O)N[C@H]2CC[C@@H](Oc3ccc4nnc(C(C)(C)C)n4c3)c3ccccc32)cc(C(C)(C)C)n1. The zero-order valence-corrected chi connectivity index (χ0v) is 29.1. The van der Waals surface area contributed by atoms with E-state index >= 15 is 0 Å². The van der Waals surface area contributed by atoms with Crippen LogP contribution >= 0.6 is 0 Å². The third-order valence-electron chi connectivity index (χ3n) is 8.69. The molecular weight excluding hydrogens is 590 g/mol. The molecule has 47 heavy (non-hydrogen) atoms. The molecule has 2 atom stereocenters. The molecule has 0 fully saturated rings. The molecule has 10 heteroatoms. The van der Waals surface area contributed by atoms with Crippen molar-refractivity contribution in [1.82, 2.24) is 29.8 Å². The molecule has 250 valence electrons. The monoisotopic (exact) mass is 639 g/mol. The number of nitrogens with zero attached hydrogens (tertiary/aromatic N) is 5. The lowest BCUT2D eigenvalue weighted by Crippen LogP contribution is -2.35. The third-order valence-corrected chi connectivity index (χ3v) is 8.69. The van der Waals surface area contributed by atoms with Crippen LogP contribution in [0.3, 0.4) is 0 Å². The van der Waals surface area contributed by atoms with Crippen molar-refractivity contribution in [3.63, 3.8) is 0 Å². The van der Waals surface area contributed by atoms with Gasteiger partial charge in [0.25, 0.3) is 0 Å². The Bertz CT molecular complexity index is 1730. The van der Waals surface area contributed by atoms with Crippen molar-refractivity contribution in [2.75, 3.05) is 25.5 Å². The van der Waals surface area contributed by atoms with Gasteiger partial charge in [0.1, 0.15) is 23.4 Å².